The average molecular weight is 658 g/mol. The largest absolute Gasteiger partial charge is 0.354 e. The van der Waals surface area contributed by atoms with E-state index in [-0.39, 0.29) is 5.41 Å². The summed E-state index contributed by atoms with van der Waals surface area (Å²) in [7, 11) is 2.42. The average Bonchev–Trinajstić information content (AvgIpc) is 3.53. The Bertz CT molecular complexity index is 2650. The Morgan fingerprint density at radius 3 is 2.26 bits per heavy atom. The fraction of sp³-hybridized carbons (Fsp3) is 0.0870. The second-order valence-electron chi connectivity index (χ2n) is 14.1. The van der Waals surface area contributed by atoms with Gasteiger partial charge in [0.2, 0.25) is 0 Å². The monoisotopic (exact) mass is 657 g/mol. The summed E-state index contributed by atoms with van der Waals surface area (Å²) in [5.41, 5.74) is 17.2. The van der Waals surface area contributed by atoms with E-state index in [2.05, 4.69) is 184 Å². The summed E-state index contributed by atoms with van der Waals surface area (Å²) in [4.78, 5) is 2.53. The molecule has 237 valence electrons. The molecule has 0 fully saturated rings. The van der Waals surface area contributed by atoms with E-state index in [4.69, 9.17) is 0 Å². The van der Waals surface area contributed by atoms with E-state index >= 15 is 0 Å². The van der Waals surface area contributed by atoms with Crippen LogP contribution in [0.15, 0.2) is 146 Å². The minimum atomic E-state index is -0.103. The van der Waals surface area contributed by atoms with Gasteiger partial charge in [0.25, 0.3) is 0 Å². The van der Waals surface area contributed by atoms with Gasteiger partial charge in [-0.2, -0.15) is 0 Å². The number of hydrogen-bond donors (Lipinski definition) is 1. The van der Waals surface area contributed by atoms with Crippen LogP contribution in [0.4, 0.5) is 28.4 Å². The first-order chi connectivity index (χ1) is 24.5. The molecule has 0 atom stereocenters. The molecule has 1 aromatic heterocycles. The number of nitrogens with one attached hydrogen (secondary N) is 1. The van der Waals surface area contributed by atoms with E-state index in [0.29, 0.717) is 0 Å². The van der Waals surface area contributed by atoms with Crippen molar-refractivity contribution in [2.75, 3.05) is 10.2 Å². The number of nitrogens with zero attached hydrogens (tertiary/aromatic N) is 1. The highest BCUT2D eigenvalue weighted by Gasteiger charge is 2.40. The van der Waals surface area contributed by atoms with E-state index < -0.39 is 0 Å². The first-order valence-electron chi connectivity index (χ1n) is 17.4. The van der Waals surface area contributed by atoms with Crippen LogP contribution in [0.1, 0.15) is 30.5 Å². The first-order valence-corrected chi connectivity index (χ1v) is 18.2. The zero-order valence-corrected chi connectivity index (χ0v) is 29.1. The van der Waals surface area contributed by atoms with Gasteiger partial charge in [0.1, 0.15) is 0 Å². The van der Waals surface area contributed by atoms with E-state index in [1.54, 1.807) is 0 Å². The van der Waals surface area contributed by atoms with Gasteiger partial charge >= 0.3 is 0 Å². The molecule has 0 unspecified atom stereocenters. The lowest BCUT2D eigenvalue weighted by Gasteiger charge is -2.46. The van der Waals surface area contributed by atoms with Crippen molar-refractivity contribution in [3.8, 4) is 22.3 Å². The van der Waals surface area contributed by atoms with Gasteiger partial charge in [0, 0.05) is 43.5 Å². The van der Waals surface area contributed by atoms with Crippen LogP contribution in [-0.4, -0.2) is 7.28 Å². The lowest BCUT2D eigenvalue weighted by Crippen LogP contribution is -2.45. The molecule has 4 heteroatoms. The third kappa shape index (κ3) is 4.35. The van der Waals surface area contributed by atoms with Crippen molar-refractivity contribution in [2.45, 2.75) is 26.2 Å². The van der Waals surface area contributed by atoms with E-state index in [1.165, 1.54) is 87.1 Å². The smallest absolute Gasteiger partial charge is 0.197 e. The van der Waals surface area contributed by atoms with Crippen molar-refractivity contribution in [3.05, 3.63) is 162 Å². The number of thiophene rings is 1. The predicted octanol–water partition coefficient (Wildman–Crippen LogP) is 11.5. The molecule has 10 rings (SSSR count). The minimum Gasteiger partial charge on any atom is -0.354 e. The highest BCUT2D eigenvalue weighted by Crippen LogP contribution is 2.52. The molecule has 2 aliphatic rings. The summed E-state index contributed by atoms with van der Waals surface area (Å²) in [6.45, 7) is 6.95. The molecule has 0 spiro atoms. The number of anilines is 5. The van der Waals surface area contributed by atoms with Gasteiger partial charge in [-0.15, -0.1) is 11.3 Å². The maximum Gasteiger partial charge on any atom is 0.197 e. The molecule has 7 aromatic carbocycles. The number of para-hydroxylation sites is 2. The molecule has 8 aromatic rings. The summed E-state index contributed by atoms with van der Waals surface area (Å²) in [5, 5.41) is 6.58. The van der Waals surface area contributed by atoms with Gasteiger partial charge in [0.05, 0.1) is 16.1 Å². The third-order valence-electron chi connectivity index (χ3n) is 10.7. The lowest BCUT2D eigenvalue weighted by atomic mass is 9.56. The van der Waals surface area contributed by atoms with Crippen LogP contribution in [0.3, 0.4) is 0 Å². The molecule has 2 nitrogen and oxygen atoms in total. The quantitative estimate of drug-likeness (QED) is 0.190. The topological polar surface area (TPSA) is 15.3 Å². The summed E-state index contributed by atoms with van der Waals surface area (Å²) in [6.07, 6.45) is 0. The molecule has 1 N–H and O–H groups in total. The fourth-order valence-corrected chi connectivity index (χ4v) is 9.49. The van der Waals surface area contributed by atoms with Crippen molar-refractivity contribution < 1.29 is 0 Å². The summed E-state index contributed by atoms with van der Waals surface area (Å²) < 4.78 is 2.58. The van der Waals surface area contributed by atoms with Gasteiger partial charge in [-0.1, -0.05) is 135 Å². The molecule has 0 saturated heterocycles. The van der Waals surface area contributed by atoms with E-state index in [1.807, 2.05) is 11.3 Å². The second kappa shape index (κ2) is 11.0. The zero-order valence-electron chi connectivity index (χ0n) is 28.3. The second-order valence-corrected chi connectivity index (χ2v) is 15.2. The molecule has 0 amide bonds. The van der Waals surface area contributed by atoms with Gasteiger partial charge in [-0.3, -0.25) is 0 Å². The normalized spacial score (nSPS) is 13.8. The summed E-state index contributed by atoms with van der Waals surface area (Å²) in [6, 6.07) is 53.5. The number of fused-ring (bicyclic) bond motifs is 7. The standard InChI is InChI=1S/C46H34BN2S/c1-28-25-34(43-41(26-28)49-40-21-9-8-17-35(40)46(2,3)36-18-12-19-37(47-43)44(36)49)31-24-23-30(29-13-5-4-6-14-29)27-39(31)48-38-20-11-16-33-32-15-7-10-22-42(32)50-45(33)38/h4-27,48H,1-3H3. The molecular formula is C46H34BN2S. The molecule has 3 heterocycles. The molecule has 0 bridgehead atoms. The van der Waals surface area contributed by atoms with Crippen LogP contribution in [0.5, 0.6) is 0 Å². The molecule has 0 saturated carbocycles. The number of aryl methyl sites for hydroxylation is 1. The van der Waals surface area contributed by atoms with E-state index in [9.17, 15) is 0 Å². The first kappa shape index (κ1) is 29.4. The SMILES string of the molecule is Cc1cc(-c2ccc(-c3ccccc3)cc2Nc2cccc3c2sc2ccccc23)c2c(c1)N1c3ccccc3C(C)(C)c3cccc(c31)[B]2. The molecular weight excluding hydrogens is 623 g/mol. The third-order valence-corrected chi connectivity index (χ3v) is 11.9. The Morgan fingerprint density at radius 2 is 1.36 bits per heavy atom. The van der Waals surface area contributed by atoms with Gasteiger partial charge < -0.3 is 10.2 Å². The van der Waals surface area contributed by atoms with Crippen LogP contribution >= 0.6 is 11.3 Å². The Hall–Kier alpha value is -5.58. The summed E-state index contributed by atoms with van der Waals surface area (Å²) in [5.74, 6) is 0. The minimum absolute atomic E-state index is 0.103. The molecule has 0 aliphatic carbocycles. The molecule has 2 aliphatic heterocycles. The van der Waals surface area contributed by atoms with Crippen molar-refractivity contribution in [1.29, 1.82) is 0 Å². The number of benzene rings is 7. The van der Waals surface area contributed by atoms with Crippen LogP contribution < -0.4 is 21.1 Å². The van der Waals surface area contributed by atoms with Crippen molar-refractivity contribution in [2.24, 2.45) is 0 Å². The molecule has 50 heavy (non-hydrogen) atoms. The van der Waals surface area contributed by atoms with Crippen LogP contribution in [0, 0.1) is 6.92 Å². The van der Waals surface area contributed by atoms with Crippen molar-refractivity contribution >= 4 is 78.2 Å². The number of hydrogen-bond acceptors (Lipinski definition) is 3. The van der Waals surface area contributed by atoms with Crippen LogP contribution in [-0.2, 0) is 5.41 Å². The van der Waals surface area contributed by atoms with Crippen molar-refractivity contribution in [1.82, 2.24) is 0 Å². The van der Waals surface area contributed by atoms with E-state index in [0.717, 1.165) is 11.4 Å². The highest BCUT2D eigenvalue weighted by atomic mass is 32.1. The van der Waals surface area contributed by atoms with Gasteiger partial charge in [-0.05, 0) is 76.1 Å². The van der Waals surface area contributed by atoms with Crippen LogP contribution in [0.25, 0.3) is 42.4 Å². The summed E-state index contributed by atoms with van der Waals surface area (Å²) >= 11 is 1.86. The zero-order chi connectivity index (χ0) is 33.6. The number of rotatable bonds is 4. The maximum absolute atomic E-state index is 3.99. The highest BCUT2D eigenvalue weighted by molar-refractivity contribution is 7.26. The Labute approximate surface area is 297 Å². The van der Waals surface area contributed by atoms with Gasteiger partial charge in [-0.25, -0.2) is 0 Å². The fourth-order valence-electron chi connectivity index (χ4n) is 8.32. The Morgan fingerprint density at radius 1 is 0.600 bits per heavy atom. The maximum atomic E-state index is 3.99. The van der Waals surface area contributed by atoms with Crippen molar-refractivity contribution in [3.63, 3.8) is 0 Å². The molecule has 1 radical (unpaired) electrons. The van der Waals surface area contributed by atoms with Crippen LogP contribution in [0.2, 0.25) is 0 Å². The predicted molar refractivity (Wildman–Crippen MR) is 216 cm³/mol. The van der Waals surface area contributed by atoms with Gasteiger partial charge in [0.15, 0.2) is 7.28 Å². The Balaban J connectivity index is 1.20. The lowest BCUT2D eigenvalue weighted by molar-refractivity contribution is 0.632. The Kier molecular flexibility index (Phi) is 6.44.